The minimum Gasteiger partial charge on any atom is -0.389 e. The van der Waals surface area contributed by atoms with Crippen LogP contribution in [0, 0.1) is 0 Å². The molecule has 0 radical (unpaired) electrons. The van der Waals surface area contributed by atoms with Gasteiger partial charge in [-0.2, -0.15) is 0 Å². The maximum Gasteiger partial charge on any atom is 0.184 e. The van der Waals surface area contributed by atoms with E-state index in [1.165, 1.54) is 24.2 Å². The van der Waals surface area contributed by atoms with E-state index in [4.69, 9.17) is 5.73 Å². The van der Waals surface area contributed by atoms with Crippen molar-refractivity contribution in [2.75, 3.05) is 30.7 Å². The first-order valence-corrected chi connectivity index (χ1v) is 6.30. The van der Waals surface area contributed by atoms with Crippen LogP contribution in [0.5, 0.6) is 0 Å². The van der Waals surface area contributed by atoms with Gasteiger partial charge in [0.2, 0.25) is 0 Å². The number of nitrogens with two attached hydrogens (primary N) is 1. The average molecular weight is 226 g/mol. The number of anilines is 2. The Hall–Kier alpha value is -0.810. The van der Waals surface area contributed by atoms with E-state index >= 15 is 0 Å². The summed E-state index contributed by atoms with van der Waals surface area (Å²) in [5.74, 6) is 0. The second-order valence-electron chi connectivity index (χ2n) is 3.85. The Balaban J connectivity index is 1.69. The van der Waals surface area contributed by atoms with Crippen molar-refractivity contribution in [2.45, 2.75) is 25.8 Å². The maximum absolute atomic E-state index is 5.60. The van der Waals surface area contributed by atoms with E-state index in [1.54, 1.807) is 6.20 Å². The molecular weight excluding hydrogens is 208 g/mol. The summed E-state index contributed by atoms with van der Waals surface area (Å²) in [5, 5.41) is 5.00. The zero-order valence-corrected chi connectivity index (χ0v) is 9.89. The molecule has 1 fully saturated rings. The van der Waals surface area contributed by atoms with Crippen molar-refractivity contribution in [3.05, 3.63) is 6.20 Å². The normalized spacial score (nSPS) is 15.9. The molecule has 1 heterocycles. The molecule has 1 aromatic rings. The zero-order chi connectivity index (χ0) is 10.7. The van der Waals surface area contributed by atoms with Gasteiger partial charge in [-0.25, -0.2) is 4.98 Å². The highest BCUT2D eigenvalue weighted by atomic mass is 32.1. The Kier molecular flexibility index (Phi) is 3.43. The lowest BCUT2D eigenvalue weighted by atomic mass is 10.4. The number of likely N-dealkylation sites (N-methyl/N-ethyl adjacent to an activating group) is 1. The lowest BCUT2D eigenvalue weighted by molar-refractivity contribution is 0.289. The standard InChI is InChI=1S/C10H18N4S/c1-2-14(8-3-4-8)6-5-12-10-13-7-9(11)15-10/h7-8H,2-6,11H2,1H3,(H,12,13). The van der Waals surface area contributed by atoms with Crippen molar-refractivity contribution in [1.82, 2.24) is 9.88 Å². The minimum atomic E-state index is 0.770. The fraction of sp³-hybridized carbons (Fsp3) is 0.700. The first-order valence-electron chi connectivity index (χ1n) is 5.49. The predicted molar refractivity (Wildman–Crippen MR) is 65.3 cm³/mol. The largest absolute Gasteiger partial charge is 0.389 e. The molecule has 4 nitrogen and oxygen atoms in total. The van der Waals surface area contributed by atoms with Gasteiger partial charge in [0.05, 0.1) is 6.20 Å². The minimum absolute atomic E-state index is 0.770. The summed E-state index contributed by atoms with van der Waals surface area (Å²) < 4.78 is 0. The first kappa shape index (κ1) is 10.7. The van der Waals surface area contributed by atoms with Gasteiger partial charge in [0.15, 0.2) is 5.13 Å². The molecule has 0 spiro atoms. The highest BCUT2D eigenvalue weighted by Crippen LogP contribution is 2.26. The highest BCUT2D eigenvalue weighted by Gasteiger charge is 2.27. The fourth-order valence-corrected chi connectivity index (χ4v) is 2.32. The molecule has 84 valence electrons. The summed E-state index contributed by atoms with van der Waals surface area (Å²) in [7, 11) is 0. The monoisotopic (exact) mass is 226 g/mol. The van der Waals surface area contributed by atoms with Crippen LogP contribution in [0.4, 0.5) is 10.1 Å². The van der Waals surface area contributed by atoms with Crippen molar-refractivity contribution >= 4 is 21.5 Å². The number of hydrogen-bond donors (Lipinski definition) is 2. The molecule has 1 saturated carbocycles. The first-order chi connectivity index (χ1) is 7.29. The van der Waals surface area contributed by atoms with Gasteiger partial charge >= 0.3 is 0 Å². The van der Waals surface area contributed by atoms with E-state index in [0.717, 1.165) is 35.8 Å². The molecule has 0 aliphatic heterocycles. The lowest BCUT2D eigenvalue weighted by Crippen LogP contribution is -2.30. The molecule has 15 heavy (non-hydrogen) atoms. The van der Waals surface area contributed by atoms with E-state index in [1.807, 2.05) is 0 Å². The van der Waals surface area contributed by atoms with Gasteiger partial charge in [0.1, 0.15) is 5.00 Å². The van der Waals surface area contributed by atoms with E-state index in [-0.39, 0.29) is 0 Å². The Morgan fingerprint density at radius 2 is 2.47 bits per heavy atom. The third-order valence-corrected chi connectivity index (χ3v) is 3.45. The number of nitrogens with zero attached hydrogens (tertiary/aromatic N) is 2. The van der Waals surface area contributed by atoms with Gasteiger partial charge in [-0.05, 0) is 19.4 Å². The Morgan fingerprint density at radius 3 is 3.00 bits per heavy atom. The van der Waals surface area contributed by atoms with Crippen LogP contribution in [0.1, 0.15) is 19.8 Å². The number of hydrogen-bond acceptors (Lipinski definition) is 5. The van der Waals surface area contributed by atoms with Crippen molar-refractivity contribution in [2.24, 2.45) is 0 Å². The highest BCUT2D eigenvalue weighted by molar-refractivity contribution is 7.19. The number of nitrogen functional groups attached to an aromatic ring is 1. The summed E-state index contributed by atoms with van der Waals surface area (Å²) >= 11 is 1.51. The van der Waals surface area contributed by atoms with Gasteiger partial charge in [0.25, 0.3) is 0 Å². The maximum atomic E-state index is 5.60. The molecule has 1 aromatic heterocycles. The van der Waals surface area contributed by atoms with Crippen LogP contribution >= 0.6 is 11.3 Å². The van der Waals surface area contributed by atoms with Crippen LogP contribution in [0.2, 0.25) is 0 Å². The Bertz CT molecular complexity index is 308. The molecule has 2 rings (SSSR count). The van der Waals surface area contributed by atoms with Crippen LogP contribution in [0.25, 0.3) is 0 Å². The third kappa shape index (κ3) is 3.07. The van der Waals surface area contributed by atoms with Crippen LogP contribution in [0.15, 0.2) is 6.20 Å². The summed E-state index contributed by atoms with van der Waals surface area (Å²) in [6.07, 6.45) is 4.45. The van der Waals surface area contributed by atoms with E-state index in [9.17, 15) is 0 Å². The van der Waals surface area contributed by atoms with Gasteiger partial charge in [0, 0.05) is 19.1 Å². The number of rotatable bonds is 6. The van der Waals surface area contributed by atoms with Crippen molar-refractivity contribution in [3.8, 4) is 0 Å². The van der Waals surface area contributed by atoms with Crippen molar-refractivity contribution in [3.63, 3.8) is 0 Å². The molecule has 3 N–H and O–H groups in total. The van der Waals surface area contributed by atoms with Crippen LogP contribution in [-0.4, -0.2) is 35.6 Å². The quantitative estimate of drug-likeness (QED) is 0.774. The molecule has 1 aliphatic carbocycles. The molecule has 0 atom stereocenters. The average Bonchev–Trinajstić information content (AvgIpc) is 2.98. The van der Waals surface area contributed by atoms with Gasteiger partial charge in [-0.1, -0.05) is 18.3 Å². The smallest absolute Gasteiger partial charge is 0.184 e. The molecule has 0 saturated heterocycles. The van der Waals surface area contributed by atoms with Gasteiger partial charge in [-0.15, -0.1) is 0 Å². The van der Waals surface area contributed by atoms with Crippen LogP contribution in [0.3, 0.4) is 0 Å². The third-order valence-electron chi connectivity index (χ3n) is 2.67. The molecule has 0 unspecified atom stereocenters. The van der Waals surface area contributed by atoms with Crippen LogP contribution in [-0.2, 0) is 0 Å². The topological polar surface area (TPSA) is 54.2 Å². The Morgan fingerprint density at radius 1 is 1.67 bits per heavy atom. The number of aromatic nitrogens is 1. The molecular formula is C10H18N4S. The predicted octanol–water partition coefficient (Wildman–Crippen LogP) is 1.62. The number of nitrogens with one attached hydrogen (secondary N) is 1. The lowest BCUT2D eigenvalue weighted by Gasteiger charge is -2.19. The summed E-state index contributed by atoms with van der Waals surface area (Å²) in [4.78, 5) is 6.68. The fourth-order valence-electron chi connectivity index (χ4n) is 1.71. The van der Waals surface area contributed by atoms with Crippen LogP contribution < -0.4 is 11.1 Å². The molecule has 0 aromatic carbocycles. The van der Waals surface area contributed by atoms with Gasteiger partial charge in [-0.3, -0.25) is 4.90 Å². The second kappa shape index (κ2) is 4.81. The molecule has 0 bridgehead atoms. The second-order valence-corrected chi connectivity index (χ2v) is 4.92. The zero-order valence-electron chi connectivity index (χ0n) is 9.07. The van der Waals surface area contributed by atoms with E-state index < -0.39 is 0 Å². The van der Waals surface area contributed by atoms with Gasteiger partial charge < -0.3 is 11.1 Å². The summed E-state index contributed by atoms with van der Waals surface area (Å²) in [5.41, 5.74) is 5.60. The number of thiazole rings is 1. The molecule has 5 heteroatoms. The van der Waals surface area contributed by atoms with Crippen molar-refractivity contribution in [1.29, 1.82) is 0 Å². The summed E-state index contributed by atoms with van der Waals surface area (Å²) in [6.45, 7) is 5.42. The van der Waals surface area contributed by atoms with E-state index in [2.05, 4.69) is 22.1 Å². The Labute approximate surface area is 94.5 Å². The van der Waals surface area contributed by atoms with Crippen molar-refractivity contribution < 1.29 is 0 Å². The SMILES string of the molecule is CCN(CCNc1ncc(N)s1)C1CC1. The molecule has 0 amide bonds. The molecule has 1 aliphatic rings. The summed E-state index contributed by atoms with van der Waals surface area (Å²) in [6, 6.07) is 0.846. The van der Waals surface area contributed by atoms with E-state index in [0.29, 0.717) is 0 Å².